The second-order valence-electron chi connectivity index (χ2n) is 6.66. The van der Waals surface area contributed by atoms with Crippen LogP contribution in [0.2, 0.25) is 0 Å². The van der Waals surface area contributed by atoms with Gasteiger partial charge in [0.15, 0.2) is 0 Å². The molecule has 0 fully saturated rings. The number of aromatic nitrogens is 2. The van der Waals surface area contributed by atoms with Gasteiger partial charge in [0, 0.05) is 12.1 Å². The summed E-state index contributed by atoms with van der Waals surface area (Å²) in [4.78, 5) is 39.3. The number of nitro groups is 1. The van der Waals surface area contributed by atoms with E-state index >= 15 is 0 Å². The minimum absolute atomic E-state index is 0.0172. The van der Waals surface area contributed by atoms with E-state index < -0.39 is 10.9 Å². The fourth-order valence-corrected chi connectivity index (χ4v) is 3.14. The van der Waals surface area contributed by atoms with Gasteiger partial charge in [-0.2, -0.15) is 0 Å². The number of hydrogen-bond acceptors (Lipinski definition) is 5. The van der Waals surface area contributed by atoms with Crippen LogP contribution in [0, 0.1) is 10.1 Å². The number of nitro benzene ring substituents is 1. The summed E-state index contributed by atoms with van der Waals surface area (Å²) in [5, 5.41) is 20.4. The number of hydrogen-bond donors (Lipinski definition) is 1. The standard InChI is InChI=1S/C23H15N3O5/c27-22-19-3-1-2-4-20(19)24-21(14-7-15-5-10-18(11-6-15)26(30)31)25(22)17-12-8-16(9-13-17)23(28)29/h1-14H,(H,28,29)/b14-7-. The fraction of sp³-hybridized carbons (Fsp3) is 0. The van der Waals surface area contributed by atoms with Gasteiger partial charge in [0.25, 0.3) is 11.2 Å². The molecule has 0 amide bonds. The number of fused-ring (bicyclic) bond motifs is 1. The average Bonchev–Trinajstić information content (AvgIpc) is 2.78. The van der Waals surface area contributed by atoms with Gasteiger partial charge in [-0.1, -0.05) is 18.2 Å². The highest BCUT2D eigenvalue weighted by atomic mass is 16.6. The first-order valence-electron chi connectivity index (χ1n) is 9.22. The van der Waals surface area contributed by atoms with Crippen molar-refractivity contribution >= 4 is 34.7 Å². The smallest absolute Gasteiger partial charge is 0.335 e. The predicted octanol–water partition coefficient (Wildman–Crippen LogP) is 4.16. The van der Waals surface area contributed by atoms with E-state index in [1.807, 2.05) is 0 Å². The Balaban J connectivity index is 1.85. The summed E-state index contributed by atoms with van der Waals surface area (Å²) in [7, 11) is 0. The summed E-state index contributed by atoms with van der Waals surface area (Å²) >= 11 is 0. The molecule has 0 bridgehead atoms. The quantitative estimate of drug-likeness (QED) is 0.388. The van der Waals surface area contributed by atoms with Gasteiger partial charge in [0.05, 0.1) is 27.1 Å². The molecular formula is C23H15N3O5. The van der Waals surface area contributed by atoms with Crippen LogP contribution in [0.15, 0.2) is 77.6 Å². The van der Waals surface area contributed by atoms with E-state index in [-0.39, 0.29) is 16.8 Å². The first-order chi connectivity index (χ1) is 14.9. The maximum atomic E-state index is 13.2. The lowest BCUT2D eigenvalue weighted by Crippen LogP contribution is -2.22. The number of carbonyl (C=O) groups is 1. The lowest BCUT2D eigenvalue weighted by Gasteiger charge is -2.11. The lowest BCUT2D eigenvalue weighted by atomic mass is 10.1. The van der Waals surface area contributed by atoms with Crippen molar-refractivity contribution in [2.24, 2.45) is 0 Å². The highest BCUT2D eigenvalue weighted by molar-refractivity contribution is 5.88. The molecule has 0 saturated heterocycles. The third-order valence-electron chi connectivity index (χ3n) is 4.70. The second-order valence-corrected chi connectivity index (χ2v) is 6.66. The van der Waals surface area contributed by atoms with Crippen molar-refractivity contribution in [3.8, 4) is 5.69 Å². The van der Waals surface area contributed by atoms with Gasteiger partial charge in [-0.15, -0.1) is 0 Å². The van der Waals surface area contributed by atoms with Gasteiger partial charge < -0.3 is 5.11 Å². The highest BCUT2D eigenvalue weighted by Crippen LogP contribution is 2.17. The predicted molar refractivity (Wildman–Crippen MR) is 116 cm³/mol. The van der Waals surface area contributed by atoms with Crippen molar-refractivity contribution in [3.63, 3.8) is 0 Å². The summed E-state index contributed by atoms with van der Waals surface area (Å²) < 4.78 is 1.40. The van der Waals surface area contributed by atoms with Crippen LogP contribution in [0.1, 0.15) is 21.7 Å². The third-order valence-corrected chi connectivity index (χ3v) is 4.70. The molecule has 0 radical (unpaired) electrons. The number of carboxylic acid groups (broad SMARTS) is 1. The van der Waals surface area contributed by atoms with Crippen LogP contribution in [-0.2, 0) is 0 Å². The Bertz CT molecular complexity index is 1390. The molecule has 1 heterocycles. The molecule has 8 heteroatoms. The van der Waals surface area contributed by atoms with Crippen LogP contribution >= 0.6 is 0 Å². The first-order valence-corrected chi connectivity index (χ1v) is 9.22. The molecule has 152 valence electrons. The molecule has 0 aliphatic rings. The van der Waals surface area contributed by atoms with Crippen molar-refractivity contribution in [2.75, 3.05) is 0 Å². The Kier molecular flexibility index (Phi) is 5.11. The Morgan fingerprint density at radius 2 is 1.65 bits per heavy atom. The number of nitrogens with zero attached hydrogens (tertiary/aromatic N) is 3. The lowest BCUT2D eigenvalue weighted by molar-refractivity contribution is -0.384. The van der Waals surface area contributed by atoms with Gasteiger partial charge in [0.1, 0.15) is 5.82 Å². The van der Waals surface area contributed by atoms with Crippen LogP contribution in [0.25, 0.3) is 28.7 Å². The Morgan fingerprint density at radius 1 is 0.968 bits per heavy atom. The maximum Gasteiger partial charge on any atom is 0.335 e. The van der Waals surface area contributed by atoms with E-state index in [0.717, 1.165) is 0 Å². The molecule has 0 aliphatic carbocycles. The zero-order valence-corrected chi connectivity index (χ0v) is 16.0. The van der Waals surface area contributed by atoms with Crippen LogP contribution in [0.3, 0.4) is 0 Å². The third kappa shape index (κ3) is 3.95. The molecule has 4 rings (SSSR count). The van der Waals surface area contributed by atoms with Crippen LogP contribution in [0.5, 0.6) is 0 Å². The summed E-state index contributed by atoms with van der Waals surface area (Å²) in [5.41, 5.74) is 1.48. The molecule has 0 unspecified atom stereocenters. The molecular weight excluding hydrogens is 398 g/mol. The normalized spacial score (nSPS) is 11.1. The molecule has 0 atom stereocenters. The van der Waals surface area contributed by atoms with E-state index in [0.29, 0.717) is 28.0 Å². The molecule has 0 aliphatic heterocycles. The summed E-state index contributed by atoms with van der Waals surface area (Å²) in [6.45, 7) is 0. The van der Waals surface area contributed by atoms with Crippen LogP contribution < -0.4 is 5.56 Å². The average molecular weight is 413 g/mol. The van der Waals surface area contributed by atoms with Gasteiger partial charge in [0.2, 0.25) is 0 Å². The minimum Gasteiger partial charge on any atom is -0.478 e. The molecule has 1 aromatic heterocycles. The number of aromatic carboxylic acids is 1. The minimum atomic E-state index is -1.06. The maximum absolute atomic E-state index is 13.2. The van der Waals surface area contributed by atoms with Crippen molar-refractivity contribution in [1.29, 1.82) is 0 Å². The number of non-ortho nitro benzene ring substituents is 1. The summed E-state index contributed by atoms with van der Waals surface area (Å²) in [6.07, 6.45) is 3.34. The summed E-state index contributed by atoms with van der Waals surface area (Å²) in [6, 6.07) is 18.9. The monoisotopic (exact) mass is 413 g/mol. The van der Waals surface area contributed by atoms with E-state index in [9.17, 15) is 19.7 Å². The van der Waals surface area contributed by atoms with E-state index in [1.54, 1.807) is 60.7 Å². The molecule has 3 aromatic carbocycles. The number of para-hydroxylation sites is 1. The Labute approximate surface area is 175 Å². The van der Waals surface area contributed by atoms with E-state index in [4.69, 9.17) is 5.11 Å². The fourth-order valence-electron chi connectivity index (χ4n) is 3.14. The van der Waals surface area contributed by atoms with Gasteiger partial charge >= 0.3 is 5.97 Å². The highest BCUT2D eigenvalue weighted by Gasteiger charge is 2.12. The van der Waals surface area contributed by atoms with Gasteiger partial charge in [-0.3, -0.25) is 19.5 Å². The number of benzene rings is 3. The van der Waals surface area contributed by atoms with Crippen LogP contribution in [0.4, 0.5) is 5.69 Å². The molecule has 0 saturated carbocycles. The molecule has 31 heavy (non-hydrogen) atoms. The van der Waals surface area contributed by atoms with E-state index in [2.05, 4.69) is 4.98 Å². The Hall–Kier alpha value is -4.59. The number of rotatable bonds is 5. The topological polar surface area (TPSA) is 115 Å². The molecule has 4 aromatic rings. The van der Waals surface area contributed by atoms with Crippen molar-refractivity contribution in [2.45, 2.75) is 0 Å². The van der Waals surface area contributed by atoms with Gasteiger partial charge in [-0.05, 0) is 60.2 Å². The summed E-state index contributed by atoms with van der Waals surface area (Å²) in [5.74, 6) is -0.723. The Morgan fingerprint density at radius 3 is 2.29 bits per heavy atom. The zero-order chi connectivity index (χ0) is 22.0. The zero-order valence-electron chi connectivity index (χ0n) is 16.0. The largest absolute Gasteiger partial charge is 0.478 e. The second kappa shape index (κ2) is 8.03. The van der Waals surface area contributed by atoms with E-state index in [1.165, 1.54) is 28.8 Å². The SMILES string of the molecule is O=C(O)c1ccc(-n2c(/C=C\c3ccc([N+](=O)[O-])cc3)nc3ccccc3c2=O)cc1. The van der Waals surface area contributed by atoms with Crippen molar-refractivity contribution < 1.29 is 14.8 Å². The number of carboxylic acids is 1. The molecule has 1 N–H and O–H groups in total. The van der Waals surface area contributed by atoms with Crippen LogP contribution in [-0.4, -0.2) is 25.6 Å². The van der Waals surface area contributed by atoms with Gasteiger partial charge in [-0.25, -0.2) is 9.78 Å². The molecule has 0 spiro atoms. The first kappa shape index (κ1) is 19.7. The van der Waals surface area contributed by atoms with Crippen molar-refractivity contribution in [1.82, 2.24) is 9.55 Å². The van der Waals surface area contributed by atoms with Crippen molar-refractivity contribution in [3.05, 3.63) is 110 Å². The molecule has 8 nitrogen and oxygen atoms in total.